The lowest BCUT2D eigenvalue weighted by atomic mass is 10.1. The van der Waals surface area contributed by atoms with Crippen LogP contribution in [0.3, 0.4) is 0 Å². The second-order valence-corrected chi connectivity index (χ2v) is 5.59. The maximum Gasteiger partial charge on any atom is 0.262 e. The number of amides is 3. The molecule has 3 rings (SSSR count). The minimum absolute atomic E-state index is 0.174. The van der Waals surface area contributed by atoms with Gasteiger partial charge in [0.2, 0.25) is 5.91 Å². The van der Waals surface area contributed by atoms with Crippen molar-refractivity contribution >= 4 is 17.7 Å². The molecule has 2 aromatic carbocycles. The summed E-state index contributed by atoms with van der Waals surface area (Å²) < 4.78 is 26.0. The largest absolute Gasteiger partial charge is 0.354 e. The summed E-state index contributed by atoms with van der Waals surface area (Å²) in [5, 5.41) is 2.56. The normalized spacial score (nSPS) is 13.1. The van der Waals surface area contributed by atoms with Gasteiger partial charge in [0.25, 0.3) is 11.8 Å². The predicted octanol–water partition coefficient (Wildman–Crippen LogP) is 1.92. The Balaban J connectivity index is 1.54. The van der Waals surface area contributed by atoms with Gasteiger partial charge in [-0.3, -0.25) is 19.3 Å². The Morgan fingerprint density at radius 3 is 2.20 bits per heavy atom. The van der Waals surface area contributed by atoms with E-state index in [1.165, 1.54) is 18.2 Å². The van der Waals surface area contributed by atoms with E-state index < -0.39 is 29.4 Å². The van der Waals surface area contributed by atoms with Crippen LogP contribution in [0.25, 0.3) is 0 Å². The molecule has 0 fully saturated rings. The van der Waals surface area contributed by atoms with E-state index in [0.717, 1.165) is 17.0 Å². The van der Waals surface area contributed by atoms with E-state index in [2.05, 4.69) is 5.32 Å². The third-order valence-corrected chi connectivity index (χ3v) is 3.90. The minimum Gasteiger partial charge on any atom is -0.354 e. The van der Waals surface area contributed by atoms with Crippen LogP contribution in [0.1, 0.15) is 26.3 Å². The molecule has 0 unspecified atom stereocenters. The number of nitrogens with zero attached hydrogens (tertiary/aromatic N) is 1. The molecule has 0 spiro atoms. The van der Waals surface area contributed by atoms with Crippen LogP contribution < -0.4 is 5.32 Å². The lowest BCUT2D eigenvalue weighted by Crippen LogP contribution is -2.40. The molecule has 0 atom stereocenters. The van der Waals surface area contributed by atoms with Crippen LogP contribution in [0, 0.1) is 11.6 Å². The van der Waals surface area contributed by atoms with Gasteiger partial charge in [-0.05, 0) is 36.2 Å². The van der Waals surface area contributed by atoms with Gasteiger partial charge >= 0.3 is 0 Å². The molecule has 128 valence electrons. The highest BCUT2D eigenvalue weighted by molar-refractivity contribution is 6.22. The molecule has 0 bridgehead atoms. The van der Waals surface area contributed by atoms with Crippen LogP contribution in [0.2, 0.25) is 0 Å². The van der Waals surface area contributed by atoms with E-state index in [4.69, 9.17) is 0 Å². The number of imide groups is 1. The lowest BCUT2D eigenvalue weighted by Gasteiger charge is -2.13. The number of rotatable bonds is 5. The number of halogens is 2. The number of hydrogen-bond donors (Lipinski definition) is 1. The number of carbonyl (C=O) groups is 3. The summed E-state index contributed by atoms with van der Waals surface area (Å²) >= 11 is 0. The second kappa shape index (κ2) is 6.80. The Bertz CT molecular complexity index is 832. The summed E-state index contributed by atoms with van der Waals surface area (Å²) in [6.45, 7) is -0.211. The second-order valence-electron chi connectivity index (χ2n) is 5.59. The van der Waals surface area contributed by atoms with Crippen molar-refractivity contribution in [3.63, 3.8) is 0 Å². The monoisotopic (exact) mass is 344 g/mol. The first-order valence-electron chi connectivity index (χ1n) is 7.63. The Labute approximate surface area is 142 Å². The Morgan fingerprint density at radius 2 is 1.60 bits per heavy atom. The van der Waals surface area contributed by atoms with Gasteiger partial charge in [-0.15, -0.1) is 0 Å². The molecule has 0 aromatic heterocycles. The van der Waals surface area contributed by atoms with Crippen LogP contribution in [0.15, 0.2) is 42.5 Å². The summed E-state index contributed by atoms with van der Waals surface area (Å²) in [4.78, 5) is 37.2. The van der Waals surface area contributed by atoms with Crippen molar-refractivity contribution < 1.29 is 23.2 Å². The number of fused-ring (bicyclic) bond motifs is 1. The molecule has 3 amide bonds. The SMILES string of the molecule is O=C(CN1C(=O)c2ccccc2C1=O)NCCc1ccc(F)c(F)c1. The number of hydrogen-bond acceptors (Lipinski definition) is 3. The Hall–Kier alpha value is -3.09. The molecule has 0 saturated heterocycles. The Morgan fingerprint density at radius 1 is 0.960 bits per heavy atom. The van der Waals surface area contributed by atoms with Gasteiger partial charge in [0.15, 0.2) is 11.6 Å². The van der Waals surface area contributed by atoms with E-state index in [-0.39, 0.29) is 24.2 Å². The highest BCUT2D eigenvalue weighted by atomic mass is 19.2. The molecule has 0 saturated carbocycles. The summed E-state index contributed by atoms with van der Waals surface area (Å²) in [5.74, 6) is -3.39. The third-order valence-electron chi connectivity index (χ3n) is 3.90. The van der Waals surface area contributed by atoms with E-state index in [0.29, 0.717) is 12.0 Å². The van der Waals surface area contributed by atoms with E-state index in [9.17, 15) is 23.2 Å². The van der Waals surface area contributed by atoms with Crippen molar-refractivity contribution in [2.24, 2.45) is 0 Å². The quantitative estimate of drug-likeness (QED) is 0.843. The predicted molar refractivity (Wildman–Crippen MR) is 84.9 cm³/mol. The molecule has 1 aliphatic rings. The zero-order valence-corrected chi connectivity index (χ0v) is 13.1. The maximum absolute atomic E-state index is 13.1. The molecule has 0 aliphatic carbocycles. The van der Waals surface area contributed by atoms with Crippen LogP contribution in [0.4, 0.5) is 8.78 Å². The summed E-state index contributed by atoms with van der Waals surface area (Å²) in [7, 11) is 0. The first kappa shape index (κ1) is 16.8. The molecule has 7 heteroatoms. The van der Waals surface area contributed by atoms with Gasteiger partial charge < -0.3 is 5.32 Å². The molecule has 5 nitrogen and oxygen atoms in total. The van der Waals surface area contributed by atoms with Crippen LogP contribution in [-0.4, -0.2) is 35.7 Å². The van der Waals surface area contributed by atoms with Crippen molar-refractivity contribution in [2.45, 2.75) is 6.42 Å². The summed E-state index contributed by atoms with van der Waals surface area (Å²) in [6.07, 6.45) is 0.297. The molecule has 25 heavy (non-hydrogen) atoms. The van der Waals surface area contributed by atoms with Crippen LogP contribution >= 0.6 is 0 Å². The van der Waals surface area contributed by atoms with E-state index in [1.807, 2.05) is 0 Å². The third kappa shape index (κ3) is 3.40. The number of carbonyl (C=O) groups excluding carboxylic acids is 3. The topological polar surface area (TPSA) is 66.5 Å². The summed E-state index contributed by atoms with van der Waals surface area (Å²) in [5.41, 5.74) is 1.09. The highest BCUT2D eigenvalue weighted by Crippen LogP contribution is 2.21. The van der Waals surface area contributed by atoms with Gasteiger partial charge in [-0.2, -0.15) is 0 Å². The summed E-state index contributed by atoms with van der Waals surface area (Å²) in [6, 6.07) is 9.88. The molecule has 0 radical (unpaired) electrons. The first-order valence-corrected chi connectivity index (χ1v) is 7.63. The number of nitrogens with one attached hydrogen (secondary N) is 1. The molecular weight excluding hydrogens is 330 g/mol. The van der Waals surface area contributed by atoms with Crippen molar-refractivity contribution in [3.05, 3.63) is 70.8 Å². The van der Waals surface area contributed by atoms with E-state index in [1.54, 1.807) is 12.1 Å². The molecular formula is C18H14F2N2O3. The fraction of sp³-hybridized carbons (Fsp3) is 0.167. The smallest absolute Gasteiger partial charge is 0.262 e. The highest BCUT2D eigenvalue weighted by Gasteiger charge is 2.36. The Kier molecular flexibility index (Phi) is 4.56. The zero-order valence-electron chi connectivity index (χ0n) is 13.1. The maximum atomic E-state index is 13.1. The van der Waals surface area contributed by atoms with Crippen LogP contribution in [0.5, 0.6) is 0 Å². The van der Waals surface area contributed by atoms with Crippen molar-refractivity contribution in [1.82, 2.24) is 10.2 Å². The molecule has 1 aliphatic heterocycles. The average molecular weight is 344 g/mol. The van der Waals surface area contributed by atoms with Gasteiger partial charge in [0.1, 0.15) is 6.54 Å². The van der Waals surface area contributed by atoms with Crippen molar-refractivity contribution in [3.8, 4) is 0 Å². The first-order chi connectivity index (χ1) is 12.0. The van der Waals surface area contributed by atoms with Gasteiger partial charge in [-0.1, -0.05) is 18.2 Å². The molecule has 2 aromatic rings. The van der Waals surface area contributed by atoms with Crippen molar-refractivity contribution in [2.75, 3.05) is 13.1 Å². The zero-order chi connectivity index (χ0) is 18.0. The van der Waals surface area contributed by atoms with Crippen LogP contribution in [-0.2, 0) is 11.2 Å². The van der Waals surface area contributed by atoms with E-state index >= 15 is 0 Å². The average Bonchev–Trinajstić information content (AvgIpc) is 2.83. The van der Waals surface area contributed by atoms with Gasteiger partial charge in [-0.25, -0.2) is 8.78 Å². The fourth-order valence-electron chi connectivity index (χ4n) is 2.62. The van der Waals surface area contributed by atoms with Crippen molar-refractivity contribution in [1.29, 1.82) is 0 Å². The van der Waals surface area contributed by atoms with Gasteiger partial charge in [0.05, 0.1) is 11.1 Å². The molecule has 1 N–H and O–H groups in total. The van der Waals surface area contributed by atoms with Gasteiger partial charge in [0, 0.05) is 6.54 Å². The standard InChI is InChI=1S/C18H14F2N2O3/c19-14-6-5-11(9-15(14)20)7-8-21-16(23)10-22-17(24)12-3-1-2-4-13(12)18(22)25/h1-6,9H,7-8,10H2,(H,21,23). The number of benzene rings is 2. The fourth-order valence-corrected chi connectivity index (χ4v) is 2.62. The minimum atomic E-state index is -0.949. The molecule has 1 heterocycles. The lowest BCUT2D eigenvalue weighted by molar-refractivity contribution is -0.121.